The lowest BCUT2D eigenvalue weighted by atomic mass is 9.90. The van der Waals surface area contributed by atoms with E-state index in [4.69, 9.17) is 9.47 Å². The zero-order valence-corrected chi connectivity index (χ0v) is 23.7. The zero-order chi connectivity index (χ0) is 29.2. The van der Waals surface area contributed by atoms with Gasteiger partial charge < -0.3 is 19.7 Å². The number of anilines is 1. The number of carbonyl (C=O) groups excluding carboxylic acids is 2. The van der Waals surface area contributed by atoms with Crippen LogP contribution in [0.1, 0.15) is 66.7 Å². The molecule has 0 saturated carbocycles. The van der Waals surface area contributed by atoms with Gasteiger partial charge in [0.15, 0.2) is 0 Å². The van der Waals surface area contributed by atoms with E-state index in [0.717, 1.165) is 22.5 Å². The third kappa shape index (κ3) is 6.24. The Morgan fingerprint density at radius 3 is 2.40 bits per heavy atom. The van der Waals surface area contributed by atoms with Gasteiger partial charge in [0, 0.05) is 31.1 Å². The van der Waals surface area contributed by atoms with Crippen LogP contribution < -0.4 is 10.1 Å². The second-order valence-electron chi connectivity index (χ2n) is 11.0. The predicted octanol–water partition coefficient (Wildman–Crippen LogP) is 5.77. The molecule has 0 aliphatic carbocycles. The Kier molecular flexibility index (Phi) is 8.13. The standard InChI is InChI=1S/C29H35N5O6/c1-18-7-9-24(19(2)15-18)33-26(20-11-13-32(14-12-20)28(36)40-29(3,4)5)22(17-30-33)27(35)31-23-16-21(34(37)38)8-10-25(23)39-6/h7-10,15-17,20H,11-14H2,1-6H3,(H,31,35). The topological polar surface area (TPSA) is 129 Å². The third-order valence-electron chi connectivity index (χ3n) is 6.81. The Hall–Kier alpha value is -4.41. The number of methoxy groups -OCH3 is 1. The first kappa shape index (κ1) is 28.6. The molecule has 0 unspecified atom stereocenters. The van der Waals surface area contributed by atoms with Gasteiger partial charge in [-0.3, -0.25) is 14.9 Å². The van der Waals surface area contributed by atoms with E-state index >= 15 is 0 Å². The molecule has 1 aliphatic heterocycles. The van der Waals surface area contributed by atoms with Crippen molar-refractivity contribution < 1.29 is 24.0 Å². The number of aromatic nitrogens is 2. The highest BCUT2D eigenvalue weighted by molar-refractivity contribution is 6.06. The number of amides is 2. The van der Waals surface area contributed by atoms with E-state index in [1.165, 1.54) is 31.5 Å². The SMILES string of the molecule is COc1ccc([N+](=O)[O-])cc1NC(=O)c1cnn(-c2ccc(C)cc2C)c1C1CCN(C(=O)OC(C)(C)C)CC1. The van der Waals surface area contributed by atoms with Gasteiger partial charge in [-0.25, -0.2) is 9.48 Å². The Labute approximate surface area is 233 Å². The monoisotopic (exact) mass is 549 g/mol. The number of nitrogens with zero attached hydrogens (tertiary/aromatic N) is 4. The summed E-state index contributed by atoms with van der Waals surface area (Å²) >= 11 is 0. The lowest BCUT2D eigenvalue weighted by molar-refractivity contribution is -0.384. The van der Waals surface area contributed by atoms with Crippen molar-refractivity contribution in [2.75, 3.05) is 25.5 Å². The maximum absolute atomic E-state index is 13.7. The first-order valence-corrected chi connectivity index (χ1v) is 13.1. The van der Waals surface area contributed by atoms with Gasteiger partial charge in [-0.1, -0.05) is 17.7 Å². The molecule has 1 aromatic heterocycles. The van der Waals surface area contributed by atoms with Crippen molar-refractivity contribution in [3.63, 3.8) is 0 Å². The highest BCUT2D eigenvalue weighted by Crippen LogP contribution is 2.35. The summed E-state index contributed by atoms with van der Waals surface area (Å²) in [5.74, 6) is -0.234. The maximum atomic E-state index is 13.7. The van der Waals surface area contributed by atoms with Gasteiger partial charge in [0.05, 0.1) is 40.9 Å². The minimum absolute atomic E-state index is 0.0744. The number of carbonyl (C=O) groups is 2. The van der Waals surface area contributed by atoms with E-state index in [-0.39, 0.29) is 23.4 Å². The van der Waals surface area contributed by atoms with Crippen molar-refractivity contribution in [1.82, 2.24) is 14.7 Å². The molecule has 2 heterocycles. The predicted molar refractivity (Wildman–Crippen MR) is 150 cm³/mol. The van der Waals surface area contributed by atoms with Gasteiger partial charge in [-0.15, -0.1) is 0 Å². The largest absolute Gasteiger partial charge is 0.495 e. The Bertz CT molecular complexity index is 1430. The van der Waals surface area contributed by atoms with Crippen LogP contribution in [0.5, 0.6) is 5.75 Å². The summed E-state index contributed by atoms with van der Waals surface area (Å²) in [5.41, 5.74) is 3.46. The molecule has 1 fully saturated rings. The molecule has 2 amide bonds. The van der Waals surface area contributed by atoms with E-state index < -0.39 is 16.4 Å². The molecule has 4 rings (SSSR count). The average Bonchev–Trinajstić information content (AvgIpc) is 3.32. The molecule has 1 N–H and O–H groups in total. The number of hydrogen-bond donors (Lipinski definition) is 1. The summed E-state index contributed by atoms with van der Waals surface area (Å²) in [6, 6.07) is 10.1. The fourth-order valence-electron chi connectivity index (χ4n) is 4.92. The van der Waals surface area contributed by atoms with Crippen LogP contribution >= 0.6 is 0 Å². The van der Waals surface area contributed by atoms with Gasteiger partial charge >= 0.3 is 6.09 Å². The van der Waals surface area contributed by atoms with Gasteiger partial charge in [0.1, 0.15) is 11.4 Å². The number of hydrogen-bond acceptors (Lipinski definition) is 7. The first-order valence-electron chi connectivity index (χ1n) is 13.1. The number of piperidine rings is 1. The molecule has 0 spiro atoms. The summed E-state index contributed by atoms with van der Waals surface area (Å²) in [4.78, 5) is 38.8. The minimum atomic E-state index is -0.589. The second kappa shape index (κ2) is 11.4. The number of nitro benzene ring substituents is 1. The fraction of sp³-hybridized carbons (Fsp3) is 0.414. The number of ether oxygens (including phenoxy) is 2. The van der Waals surface area contributed by atoms with Gasteiger partial charge in [0.25, 0.3) is 11.6 Å². The quantitative estimate of drug-likeness (QED) is 0.305. The number of likely N-dealkylation sites (tertiary alicyclic amines) is 1. The molecular weight excluding hydrogens is 514 g/mol. The van der Waals surface area contributed by atoms with Gasteiger partial charge in [-0.05, 0) is 65.2 Å². The summed E-state index contributed by atoms with van der Waals surface area (Å²) in [6.45, 7) is 10.4. The second-order valence-corrected chi connectivity index (χ2v) is 11.0. The van der Waals surface area contributed by atoms with Crippen LogP contribution in [0, 0.1) is 24.0 Å². The van der Waals surface area contributed by atoms with Crippen LogP contribution in [-0.2, 0) is 4.74 Å². The summed E-state index contributed by atoms with van der Waals surface area (Å²) in [7, 11) is 1.43. The van der Waals surface area contributed by atoms with Crippen LogP contribution in [0.15, 0.2) is 42.6 Å². The molecule has 0 bridgehead atoms. The number of non-ortho nitro benzene ring substituents is 1. The Morgan fingerprint density at radius 2 is 1.80 bits per heavy atom. The van der Waals surface area contributed by atoms with Crippen LogP contribution in [0.4, 0.5) is 16.2 Å². The van der Waals surface area contributed by atoms with Crippen LogP contribution in [-0.4, -0.2) is 57.4 Å². The van der Waals surface area contributed by atoms with Crippen molar-refractivity contribution in [3.05, 3.63) is 75.1 Å². The number of nitro groups is 1. The summed E-state index contributed by atoms with van der Waals surface area (Å²) in [6.07, 6.45) is 2.38. The molecule has 1 saturated heterocycles. The normalized spacial score (nSPS) is 14.1. The molecule has 11 heteroatoms. The van der Waals surface area contributed by atoms with E-state index in [2.05, 4.69) is 16.5 Å². The summed E-state index contributed by atoms with van der Waals surface area (Å²) in [5, 5.41) is 18.7. The Morgan fingerprint density at radius 1 is 1.10 bits per heavy atom. The highest BCUT2D eigenvalue weighted by atomic mass is 16.6. The molecule has 0 atom stereocenters. The van der Waals surface area contributed by atoms with Crippen molar-refractivity contribution in [2.24, 2.45) is 0 Å². The molecule has 2 aromatic carbocycles. The summed E-state index contributed by atoms with van der Waals surface area (Å²) < 4.78 is 12.7. The van der Waals surface area contributed by atoms with E-state index in [1.54, 1.807) is 9.58 Å². The smallest absolute Gasteiger partial charge is 0.410 e. The van der Waals surface area contributed by atoms with Gasteiger partial charge in [0.2, 0.25) is 0 Å². The van der Waals surface area contributed by atoms with E-state index in [0.29, 0.717) is 37.2 Å². The number of benzene rings is 2. The van der Waals surface area contributed by atoms with E-state index in [1.807, 2.05) is 46.8 Å². The first-order chi connectivity index (χ1) is 18.9. The average molecular weight is 550 g/mol. The highest BCUT2D eigenvalue weighted by Gasteiger charge is 2.32. The van der Waals surface area contributed by atoms with Crippen molar-refractivity contribution in [3.8, 4) is 11.4 Å². The molecule has 3 aromatic rings. The Balaban J connectivity index is 1.69. The fourth-order valence-corrected chi connectivity index (χ4v) is 4.92. The van der Waals surface area contributed by atoms with Crippen molar-refractivity contribution in [2.45, 2.75) is 59.0 Å². The van der Waals surface area contributed by atoms with Crippen LogP contribution in [0.3, 0.4) is 0 Å². The van der Waals surface area contributed by atoms with Crippen LogP contribution in [0.2, 0.25) is 0 Å². The molecular formula is C29H35N5O6. The molecule has 11 nitrogen and oxygen atoms in total. The van der Waals surface area contributed by atoms with Crippen molar-refractivity contribution >= 4 is 23.4 Å². The molecule has 212 valence electrons. The number of rotatable bonds is 6. The zero-order valence-electron chi connectivity index (χ0n) is 23.7. The number of nitrogens with one attached hydrogen (secondary N) is 1. The molecule has 0 radical (unpaired) electrons. The lowest BCUT2D eigenvalue weighted by Gasteiger charge is -2.34. The van der Waals surface area contributed by atoms with E-state index in [9.17, 15) is 19.7 Å². The molecule has 40 heavy (non-hydrogen) atoms. The molecule has 1 aliphatic rings. The van der Waals surface area contributed by atoms with Crippen LogP contribution in [0.25, 0.3) is 5.69 Å². The lowest BCUT2D eigenvalue weighted by Crippen LogP contribution is -2.41. The maximum Gasteiger partial charge on any atom is 0.410 e. The van der Waals surface area contributed by atoms with Gasteiger partial charge in [-0.2, -0.15) is 5.10 Å². The third-order valence-corrected chi connectivity index (χ3v) is 6.81. The minimum Gasteiger partial charge on any atom is -0.495 e. The number of aryl methyl sites for hydroxylation is 2. The van der Waals surface area contributed by atoms with Crippen molar-refractivity contribution in [1.29, 1.82) is 0 Å².